The fraction of sp³-hybridized carbons (Fsp3) is 0.947. The zero-order chi connectivity index (χ0) is 69.0. The fourth-order valence-corrected chi connectivity index (χ4v) is 13.2. The van der Waals surface area contributed by atoms with E-state index in [1.807, 2.05) is 0 Å². The van der Waals surface area contributed by atoms with Gasteiger partial charge in [-0.1, -0.05) is 349 Å². The van der Waals surface area contributed by atoms with Gasteiger partial charge in [0.15, 0.2) is 12.2 Å². The Kier molecular flexibility index (Phi) is 68.1. The summed E-state index contributed by atoms with van der Waals surface area (Å²) in [6.07, 6.45) is 59.6. The Morgan fingerprint density at radius 1 is 0.255 bits per heavy atom. The highest BCUT2D eigenvalue weighted by atomic mass is 31.2. The molecule has 94 heavy (non-hydrogen) atoms. The van der Waals surface area contributed by atoms with Gasteiger partial charge in [0.1, 0.15) is 19.3 Å². The Labute approximate surface area is 575 Å². The molecule has 0 aliphatic heterocycles. The summed E-state index contributed by atoms with van der Waals surface area (Å²) in [5.41, 5.74) is 0. The van der Waals surface area contributed by atoms with Crippen LogP contribution in [0.15, 0.2) is 0 Å². The van der Waals surface area contributed by atoms with Crippen molar-refractivity contribution in [3.8, 4) is 0 Å². The van der Waals surface area contributed by atoms with Gasteiger partial charge in [-0.3, -0.25) is 37.3 Å². The number of rotatable bonds is 76. The maximum absolute atomic E-state index is 13.1. The first-order valence-corrected chi connectivity index (χ1v) is 42.3. The second kappa shape index (κ2) is 69.5. The average Bonchev–Trinajstić information content (AvgIpc) is 3.14. The SMILES string of the molecule is CCCCCCCCCCCCCCCCCCCCCCC(=O)O[C@H](COC(=O)CCCCCCCCCCCCCCCC)COP(=O)(O)OC[C@@H](O)COP(=O)(O)OC[C@@H](COC(=O)CCCCCCCCCCCC)OC(=O)CCCCCCCCCCCC. The smallest absolute Gasteiger partial charge is 0.462 e. The monoisotopic (exact) mass is 1380 g/mol. The number of unbranched alkanes of at least 4 members (excludes halogenated alkanes) is 50. The fourth-order valence-electron chi connectivity index (χ4n) is 11.6. The number of esters is 4. The Morgan fingerprint density at radius 2 is 0.426 bits per heavy atom. The van der Waals surface area contributed by atoms with Crippen LogP contribution < -0.4 is 0 Å². The number of hydrogen-bond acceptors (Lipinski definition) is 15. The zero-order valence-electron chi connectivity index (χ0n) is 60.9. The number of carbonyl (C=O) groups excluding carboxylic acids is 4. The van der Waals surface area contributed by atoms with Gasteiger partial charge in [0.05, 0.1) is 26.4 Å². The van der Waals surface area contributed by atoms with Crippen LogP contribution in [0.2, 0.25) is 0 Å². The van der Waals surface area contributed by atoms with Crippen LogP contribution in [-0.4, -0.2) is 96.7 Å². The van der Waals surface area contributed by atoms with E-state index in [1.165, 1.54) is 231 Å². The van der Waals surface area contributed by atoms with E-state index in [0.717, 1.165) is 89.9 Å². The van der Waals surface area contributed by atoms with Crippen molar-refractivity contribution < 1.29 is 80.2 Å². The number of ether oxygens (including phenoxy) is 4. The van der Waals surface area contributed by atoms with Gasteiger partial charge in [0.25, 0.3) is 0 Å². The second-order valence-corrected chi connectivity index (χ2v) is 29.9. The lowest BCUT2D eigenvalue weighted by atomic mass is 10.0. The molecule has 0 saturated carbocycles. The molecule has 0 amide bonds. The minimum Gasteiger partial charge on any atom is -0.462 e. The van der Waals surface area contributed by atoms with Gasteiger partial charge in [0, 0.05) is 25.7 Å². The van der Waals surface area contributed by atoms with Crippen LogP contribution in [-0.2, 0) is 65.4 Å². The van der Waals surface area contributed by atoms with Crippen LogP contribution in [0.5, 0.6) is 0 Å². The third kappa shape index (κ3) is 68.6. The average molecular weight is 1380 g/mol. The molecule has 17 nitrogen and oxygen atoms in total. The number of carbonyl (C=O) groups is 4. The van der Waals surface area contributed by atoms with E-state index in [4.69, 9.17) is 37.0 Å². The normalized spacial score (nSPS) is 13.9. The molecule has 558 valence electrons. The summed E-state index contributed by atoms with van der Waals surface area (Å²) < 4.78 is 68.4. The van der Waals surface area contributed by atoms with Crippen molar-refractivity contribution in [3.05, 3.63) is 0 Å². The lowest BCUT2D eigenvalue weighted by molar-refractivity contribution is -0.161. The van der Waals surface area contributed by atoms with E-state index < -0.39 is 97.5 Å². The summed E-state index contributed by atoms with van der Waals surface area (Å²) in [5, 5.41) is 10.6. The van der Waals surface area contributed by atoms with Crippen molar-refractivity contribution in [3.63, 3.8) is 0 Å². The highest BCUT2D eigenvalue weighted by Crippen LogP contribution is 2.45. The second-order valence-electron chi connectivity index (χ2n) is 27.0. The van der Waals surface area contributed by atoms with Gasteiger partial charge >= 0.3 is 39.5 Å². The topological polar surface area (TPSA) is 237 Å². The Hall–Kier alpha value is -1.94. The molecule has 3 N–H and O–H groups in total. The van der Waals surface area contributed by atoms with Crippen molar-refractivity contribution in [2.24, 2.45) is 0 Å². The Bertz CT molecular complexity index is 1790. The van der Waals surface area contributed by atoms with Crippen LogP contribution in [0.3, 0.4) is 0 Å². The Morgan fingerprint density at radius 3 is 0.628 bits per heavy atom. The summed E-state index contributed by atoms with van der Waals surface area (Å²) >= 11 is 0. The van der Waals surface area contributed by atoms with E-state index in [0.29, 0.717) is 25.7 Å². The van der Waals surface area contributed by atoms with Crippen molar-refractivity contribution >= 4 is 39.5 Å². The molecule has 0 aromatic carbocycles. The highest BCUT2D eigenvalue weighted by Gasteiger charge is 2.30. The lowest BCUT2D eigenvalue weighted by Gasteiger charge is -2.21. The Balaban J connectivity index is 5.19. The van der Waals surface area contributed by atoms with Crippen LogP contribution in [0.4, 0.5) is 0 Å². The molecule has 0 aliphatic rings. The van der Waals surface area contributed by atoms with E-state index in [2.05, 4.69) is 27.7 Å². The quantitative estimate of drug-likeness (QED) is 0.0222. The molecule has 0 aliphatic carbocycles. The largest absolute Gasteiger partial charge is 0.472 e. The van der Waals surface area contributed by atoms with Gasteiger partial charge in [-0.15, -0.1) is 0 Å². The van der Waals surface area contributed by atoms with Crippen molar-refractivity contribution in [2.75, 3.05) is 39.6 Å². The number of aliphatic hydroxyl groups is 1. The minimum atomic E-state index is -4.95. The van der Waals surface area contributed by atoms with Crippen molar-refractivity contribution in [2.45, 2.75) is 418 Å². The number of aliphatic hydroxyl groups excluding tert-OH is 1. The summed E-state index contributed by atoms with van der Waals surface area (Å²) in [5.74, 6) is -2.11. The van der Waals surface area contributed by atoms with E-state index >= 15 is 0 Å². The lowest BCUT2D eigenvalue weighted by Crippen LogP contribution is -2.30. The molecule has 19 heteroatoms. The number of phosphoric acid groups is 2. The molecule has 0 aromatic rings. The van der Waals surface area contributed by atoms with E-state index in [9.17, 15) is 43.2 Å². The van der Waals surface area contributed by atoms with Gasteiger partial charge in [0.2, 0.25) is 0 Å². The molecule has 0 bridgehead atoms. The van der Waals surface area contributed by atoms with Gasteiger partial charge in [-0.25, -0.2) is 9.13 Å². The van der Waals surface area contributed by atoms with Crippen LogP contribution >= 0.6 is 15.6 Å². The molecule has 0 rings (SSSR count). The maximum Gasteiger partial charge on any atom is 0.472 e. The first-order valence-electron chi connectivity index (χ1n) is 39.3. The molecule has 0 fully saturated rings. The molecule has 5 atom stereocenters. The van der Waals surface area contributed by atoms with Crippen LogP contribution in [0.1, 0.15) is 400 Å². The summed E-state index contributed by atoms with van der Waals surface area (Å²) in [6, 6.07) is 0. The number of phosphoric ester groups is 2. The predicted octanol–water partition coefficient (Wildman–Crippen LogP) is 22.2. The van der Waals surface area contributed by atoms with Crippen LogP contribution in [0.25, 0.3) is 0 Å². The third-order valence-electron chi connectivity index (χ3n) is 17.6. The third-order valence-corrected chi connectivity index (χ3v) is 19.5. The predicted molar refractivity (Wildman–Crippen MR) is 382 cm³/mol. The highest BCUT2D eigenvalue weighted by molar-refractivity contribution is 7.47. The van der Waals surface area contributed by atoms with Gasteiger partial charge < -0.3 is 33.8 Å². The molecule has 0 saturated heterocycles. The summed E-state index contributed by atoms with van der Waals surface area (Å²) in [6.45, 7) is 4.97. The molecule has 2 unspecified atom stereocenters. The first kappa shape index (κ1) is 92.1. The van der Waals surface area contributed by atoms with Gasteiger partial charge in [-0.2, -0.15) is 0 Å². The van der Waals surface area contributed by atoms with Crippen molar-refractivity contribution in [1.29, 1.82) is 0 Å². The molecule has 0 radical (unpaired) electrons. The molecule has 0 spiro atoms. The summed E-state index contributed by atoms with van der Waals surface area (Å²) in [4.78, 5) is 72.7. The minimum absolute atomic E-state index is 0.107. The maximum atomic E-state index is 13.1. The van der Waals surface area contributed by atoms with E-state index in [-0.39, 0.29) is 25.7 Å². The zero-order valence-corrected chi connectivity index (χ0v) is 62.7. The standard InChI is InChI=1S/C75H146O17P2/c1-5-9-13-17-21-25-29-31-33-34-35-36-37-38-40-42-46-50-54-58-62-75(80)92-71(66-86-73(78)60-56-52-48-45-41-39-32-30-26-22-18-14-10-6-2)68-90-94(83,84)88-64-69(76)63-87-93(81,82)89-67-70(91-74(79)61-57-53-49-44-28-24-20-16-12-8-4)65-85-72(77)59-55-51-47-43-27-23-19-15-11-7-3/h69-71,76H,5-68H2,1-4H3,(H,81,82)(H,83,84)/t69-,70+,71+/m0/s1. The van der Waals surface area contributed by atoms with Gasteiger partial charge in [-0.05, 0) is 25.7 Å². The first-order chi connectivity index (χ1) is 45.7. The molecule has 0 aromatic heterocycles. The number of hydrogen-bond donors (Lipinski definition) is 3. The van der Waals surface area contributed by atoms with Crippen LogP contribution in [0, 0.1) is 0 Å². The van der Waals surface area contributed by atoms with E-state index in [1.54, 1.807) is 0 Å². The van der Waals surface area contributed by atoms with Crippen molar-refractivity contribution in [1.82, 2.24) is 0 Å². The summed E-state index contributed by atoms with van der Waals surface area (Å²) in [7, 11) is -9.90. The molecular weight excluding hydrogens is 1230 g/mol. The molecular formula is C75H146O17P2. The molecule has 0 heterocycles.